The van der Waals surface area contributed by atoms with Gasteiger partial charge in [0.2, 0.25) is 17.7 Å². The second-order valence-electron chi connectivity index (χ2n) is 8.92. The number of carbonyl (C=O) groups excluding carboxylic acids is 2. The maximum absolute atomic E-state index is 12.7. The molecule has 0 bridgehead atoms. The van der Waals surface area contributed by atoms with Gasteiger partial charge in [-0.3, -0.25) is 9.59 Å². The second kappa shape index (κ2) is 8.69. The fourth-order valence-corrected chi connectivity index (χ4v) is 4.47. The van der Waals surface area contributed by atoms with Gasteiger partial charge in [0, 0.05) is 17.9 Å². The van der Waals surface area contributed by atoms with Crippen LogP contribution in [0.2, 0.25) is 0 Å². The lowest BCUT2D eigenvalue weighted by molar-refractivity contribution is -0.127. The van der Waals surface area contributed by atoms with Crippen molar-refractivity contribution in [2.45, 2.75) is 63.5 Å². The molecule has 31 heavy (non-hydrogen) atoms. The predicted molar refractivity (Wildman–Crippen MR) is 111 cm³/mol. The van der Waals surface area contributed by atoms with Gasteiger partial charge in [-0.25, -0.2) is 0 Å². The molecule has 1 atom stereocenters. The van der Waals surface area contributed by atoms with Crippen molar-refractivity contribution >= 4 is 11.8 Å². The maximum Gasteiger partial charge on any atom is 0.246 e. The first kappa shape index (κ1) is 20.0. The molecule has 1 unspecified atom stereocenters. The molecule has 2 N–H and O–H groups in total. The van der Waals surface area contributed by atoms with Crippen molar-refractivity contribution in [1.82, 2.24) is 20.8 Å². The number of hydrogen-bond acceptors (Lipinski definition) is 6. The minimum absolute atomic E-state index is 0.0215. The fourth-order valence-electron chi connectivity index (χ4n) is 4.47. The lowest BCUT2D eigenvalue weighted by Crippen LogP contribution is -2.45. The van der Waals surface area contributed by atoms with E-state index in [1.807, 2.05) is 24.3 Å². The number of nitrogens with zero attached hydrogens (tertiary/aromatic N) is 2. The lowest BCUT2D eigenvalue weighted by atomic mass is 9.85. The lowest BCUT2D eigenvalue weighted by Gasteiger charge is -2.30. The number of amides is 2. The van der Waals surface area contributed by atoms with Gasteiger partial charge >= 0.3 is 0 Å². The Bertz CT molecular complexity index is 947. The van der Waals surface area contributed by atoms with Crippen LogP contribution in [0.3, 0.4) is 0 Å². The van der Waals surface area contributed by atoms with E-state index in [9.17, 15) is 9.59 Å². The smallest absolute Gasteiger partial charge is 0.246 e. The average Bonchev–Trinajstić information content (AvgIpc) is 3.55. The molecule has 2 aromatic rings. The van der Waals surface area contributed by atoms with Gasteiger partial charge in [-0.15, -0.1) is 0 Å². The van der Waals surface area contributed by atoms with E-state index >= 15 is 0 Å². The van der Waals surface area contributed by atoms with Crippen LogP contribution in [0.15, 0.2) is 28.8 Å². The molecule has 8 heteroatoms. The molecule has 2 aliphatic carbocycles. The summed E-state index contributed by atoms with van der Waals surface area (Å²) in [6, 6.07) is 7.99. The van der Waals surface area contributed by atoms with E-state index in [-0.39, 0.29) is 36.2 Å². The standard InChI is InChI=1S/C23H28N4O4/c28-22(24-12-20-26-21(27-31-20)14-5-6-14)15-7-9-18(10-8-15)25-23(29)17-11-16-3-1-2-4-19(16)30-13-17/h1-4,14-15,17-18H,5-13H2,(H,24,28)(H,25,29). The number of carbonyl (C=O) groups is 2. The third-order valence-electron chi connectivity index (χ3n) is 6.53. The highest BCUT2D eigenvalue weighted by Gasteiger charge is 2.31. The monoisotopic (exact) mass is 424 g/mol. The molecule has 3 aliphatic rings. The summed E-state index contributed by atoms with van der Waals surface area (Å²) in [7, 11) is 0. The van der Waals surface area contributed by atoms with Crippen LogP contribution in [0.1, 0.15) is 61.7 Å². The van der Waals surface area contributed by atoms with Crippen molar-refractivity contribution < 1.29 is 18.8 Å². The van der Waals surface area contributed by atoms with Gasteiger partial charge < -0.3 is 19.9 Å². The van der Waals surface area contributed by atoms with Crippen LogP contribution >= 0.6 is 0 Å². The molecule has 1 aromatic carbocycles. The third-order valence-corrected chi connectivity index (χ3v) is 6.53. The van der Waals surface area contributed by atoms with Gasteiger partial charge in [0.05, 0.1) is 12.5 Å². The minimum atomic E-state index is -0.161. The number of ether oxygens (including phenoxy) is 1. The summed E-state index contributed by atoms with van der Waals surface area (Å²) in [5.74, 6) is 2.41. The normalized spacial score (nSPS) is 25.2. The molecule has 5 rings (SSSR count). The van der Waals surface area contributed by atoms with Crippen molar-refractivity contribution in [2.24, 2.45) is 11.8 Å². The molecule has 2 heterocycles. The molecule has 1 aliphatic heterocycles. The van der Waals surface area contributed by atoms with Gasteiger partial charge in [-0.1, -0.05) is 23.4 Å². The Kier molecular flexibility index (Phi) is 5.61. The first-order valence-corrected chi connectivity index (χ1v) is 11.3. The van der Waals surface area contributed by atoms with Gasteiger partial charge in [0.15, 0.2) is 5.82 Å². The van der Waals surface area contributed by atoms with Gasteiger partial charge in [0.25, 0.3) is 0 Å². The van der Waals surface area contributed by atoms with Crippen molar-refractivity contribution in [2.75, 3.05) is 6.61 Å². The van der Waals surface area contributed by atoms with Crippen LogP contribution in [0.25, 0.3) is 0 Å². The van der Waals surface area contributed by atoms with E-state index in [1.54, 1.807) is 0 Å². The van der Waals surface area contributed by atoms with Crippen LogP contribution in [-0.4, -0.2) is 34.6 Å². The molecule has 164 valence electrons. The number of aromatic nitrogens is 2. The number of nitrogens with one attached hydrogen (secondary N) is 2. The zero-order valence-corrected chi connectivity index (χ0v) is 17.5. The van der Waals surface area contributed by atoms with Gasteiger partial charge in [-0.05, 0) is 56.6 Å². The highest BCUT2D eigenvalue weighted by atomic mass is 16.5. The summed E-state index contributed by atoms with van der Waals surface area (Å²) in [6.45, 7) is 0.692. The molecular formula is C23H28N4O4. The van der Waals surface area contributed by atoms with Crippen LogP contribution in [-0.2, 0) is 22.6 Å². The Morgan fingerprint density at radius 1 is 1.00 bits per heavy atom. The van der Waals surface area contributed by atoms with E-state index in [1.165, 1.54) is 0 Å². The summed E-state index contributed by atoms with van der Waals surface area (Å²) in [5, 5.41) is 10.1. The molecule has 2 amide bonds. The minimum Gasteiger partial charge on any atom is -0.492 e. The Hall–Kier alpha value is -2.90. The van der Waals surface area contributed by atoms with Crippen LogP contribution in [0.4, 0.5) is 0 Å². The Labute approximate surface area is 181 Å². The van der Waals surface area contributed by atoms with Crippen molar-refractivity contribution in [3.05, 3.63) is 41.5 Å². The van der Waals surface area contributed by atoms with E-state index in [0.29, 0.717) is 24.8 Å². The SMILES string of the molecule is O=C(NCc1nc(C2CC2)no1)C1CCC(NC(=O)C2COc3ccccc3C2)CC1. The van der Waals surface area contributed by atoms with E-state index in [4.69, 9.17) is 9.26 Å². The largest absolute Gasteiger partial charge is 0.492 e. The number of rotatable bonds is 6. The Balaban J connectivity index is 1.05. The van der Waals surface area contributed by atoms with Crippen molar-refractivity contribution in [3.8, 4) is 5.75 Å². The Morgan fingerprint density at radius 3 is 2.61 bits per heavy atom. The van der Waals surface area contributed by atoms with Crippen molar-refractivity contribution in [3.63, 3.8) is 0 Å². The summed E-state index contributed by atoms with van der Waals surface area (Å²) in [4.78, 5) is 29.6. The van der Waals surface area contributed by atoms with E-state index in [0.717, 1.165) is 55.7 Å². The van der Waals surface area contributed by atoms with Crippen LogP contribution in [0.5, 0.6) is 5.75 Å². The molecule has 1 aromatic heterocycles. The van der Waals surface area contributed by atoms with Crippen molar-refractivity contribution in [1.29, 1.82) is 0 Å². The van der Waals surface area contributed by atoms with E-state index in [2.05, 4.69) is 20.8 Å². The summed E-state index contributed by atoms with van der Waals surface area (Å²) >= 11 is 0. The fraction of sp³-hybridized carbons (Fsp3) is 0.565. The summed E-state index contributed by atoms with van der Waals surface area (Å²) in [6.07, 6.45) is 6.08. The number of benzene rings is 1. The zero-order valence-electron chi connectivity index (χ0n) is 17.5. The molecule has 0 spiro atoms. The Morgan fingerprint density at radius 2 is 1.81 bits per heavy atom. The molecule has 0 saturated heterocycles. The molecule has 8 nitrogen and oxygen atoms in total. The predicted octanol–water partition coefficient (Wildman–Crippen LogP) is 2.49. The average molecular weight is 425 g/mol. The number of para-hydroxylation sites is 1. The first-order chi connectivity index (χ1) is 15.2. The summed E-state index contributed by atoms with van der Waals surface area (Å²) < 4.78 is 11.0. The van der Waals surface area contributed by atoms with Crippen LogP contribution < -0.4 is 15.4 Å². The topological polar surface area (TPSA) is 106 Å². The molecule has 2 fully saturated rings. The number of hydrogen-bond donors (Lipinski definition) is 2. The maximum atomic E-state index is 12.7. The number of fused-ring (bicyclic) bond motifs is 1. The zero-order chi connectivity index (χ0) is 21.2. The highest BCUT2D eigenvalue weighted by molar-refractivity contribution is 5.80. The molecule has 0 radical (unpaired) electrons. The summed E-state index contributed by atoms with van der Waals surface area (Å²) in [5.41, 5.74) is 1.08. The first-order valence-electron chi connectivity index (χ1n) is 11.3. The van der Waals surface area contributed by atoms with E-state index < -0.39 is 0 Å². The molecule has 2 saturated carbocycles. The van der Waals surface area contributed by atoms with Crippen LogP contribution in [0, 0.1) is 11.8 Å². The second-order valence-corrected chi connectivity index (χ2v) is 8.92. The highest BCUT2D eigenvalue weighted by Crippen LogP contribution is 2.38. The third kappa shape index (κ3) is 4.73. The van der Waals surface area contributed by atoms with Gasteiger partial charge in [0.1, 0.15) is 12.4 Å². The van der Waals surface area contributed by atoms with Gasteiger partial charge in [-0.2, -0.15) is 4.98 Å². The molecular weight excluding hydrogens is 396 g/mol. The quantitative estimate of drug-likeness (QED) is 0.738.